The van der Waals surface area contributed by atoms with Crippen molar-refractivity contribution in [3.63, 3.8) is 0 Å². The fourth-order valence-electron chi connectivity index (χ4n) is 1.39. The minimum atomic E-state index is -5.85. The average molecular weight is 366 g/mol. The van der Waals surface area contributed by atoms with Gasteiger partial charge in [0.15, 0.2) is 0 Å². The number of benzene rings is 1. The fourth-order valence-corrected chi connectivity index (χ4v) is 2.65. The topological polar surface area (TPSA) is 121 Å². The molecule has 124 valence electrons. The number of hydrogen-bond donors (Lipinski definition) is 2. The van der Waals surface area contributed by atoms with Crippen LogP contribution in [0.25, 0.3) is 10.2 Å². The van der Waals surface area contributed by atoms with E-state index in [-0.39, 0.29) is 11.0 Å². The van der Waals surface area contributed by atoms with Crippen molar-refractivity contribution in [3.05, 3.63) is 36.2 Å². The minimum absolute atomic E-state index is 0.228. The van der Waals surface area contributed by atoms with Gasteiger partial charge in [0, 0.05) is 6.08 Å². The summed E-state index contributed by atoms with van der Waals surface area (Å²) in [5.41, 5.74) is 5.60. The molecule has 2 aromatic rings. The van der Waals surface area contributed by atoms with Crippen molar-refractivity contribution < 1.29 is 25.8 Å². The van der Waals surface area contributed by atoms with Crippen LogP contribution in [0.3, 0.4) is 0 Å². The molecule has 1 aromatic heterocycles. The van der Waals surface area contributed by atoms with E-state index in [0.717, 1.165) is 4.70 Å². The van der Waals surface area contributed by atoms with Crippen LogP contribution in [0.1, 0.15) is 0 Å². The van der Waals surface area contributed by atoms with Gasteiger partial charge in [-0.15, -0.1) is 0 Å². The molecular weight excluding hydrogens is 357 g/mol. The highest BCUT2D eigenvalue weighted by atomic mass is 32.2. The van der Waals surface area contributed by atoms with Crippen molar-refractivity contribution in [2.24, 2.45) is 16.5 Å². The third kappa shape index (κ3) is 4.10. The molecule has 0 aliphatic heterocycles. The van der Waals surface area contributed by atoms with Crippen molar-refractivity contribution in [1.82, 2.24) is 4.98 Å². The largest absolute Gasteiger partial charge is 0.534 e. The predicted molar refractivity (Wildman–Crippen MR) is 79.2 cm³/mol. The number of nitrogens with zero attached hydrogens (tertiary/aromatic N) is 2. The maximum atomic E-state index is 12.1. The van der Waals surface area contributed by atoms with Gasteiger partial charge in [-0.3, -0.25) is 0 Å². The fraction of sp³-hybridized carbons (Fsp3) is 0.0909. The van der Waals surface area contributed by atoms with Gasteiger partial charge in [0.05, 0.1) is 10.2 Å². The third-order valence-electron chi connectivity index (χ3n) is 2.29. The molecule has 0 atom stereocenters. The zero-order chi connectivity index (χ0) is 17.3. The second-order valence-electron chi connectivity index (χ2n) is 4.03. The first-order valence-corrected chi connectivity index (χ1v) is 7.98. The Kier molecular flexibility index (Phi) is 4.47. The Morgan fingerprint density at radius 1 is 1.30 bits per heavy atom. The average Bonchev–Trinajstić information content (AvgIpc) is 2.77. The van der Waals surface area contributed by atoms with Crippen LogP contribution in [-0.4, -0.2) is 24.7 Å². The number of alkyl halides is 3. The van der Waals surface area contributed by atoms with E-state index in [0.29, 0.717) is 11.6 Å². The molecule has 4 N–H and O–H groups in total. The van der Waals surface area contributed by atoms with Gasteiger partial charge in [0.25, 0.3) is 0 Å². The zero-order valence-electron chi connectivity index (χ0n) is 11.1. The number of thiazole rings is 1. The molecule has 7 nitrogen and oxygen atoms in total. The summed E-state index contributed by atoms with van der Waals surface area (Å²) in [7, 11) is -5.85. The molecule has 0 unspecified atom stereocenters. The Bertz CT molecular complexity index is 854. The van der Waals surface area contributed by atoms with Crippen LogP contribution >= 0.6 is 11.3 Å². The predicted octanol–water partition coefficient (Wildman–Crippen LogP) is 1.95. The van der Waals surface area contributed by atoms with Gasteiger partial charge in [0.2, 0.25) is 11.0 Å². The van der Waals surface area contributed by atoms with E-state index in [9.17, 15) is 21.6 Å². The number of aliphatic imine (C=N–C) groups is 1. The number of halogens is 3. The van der Waals surface area contributed by atoms with Crippen LogP contribution in [0.5, 0.6) is 0 Å². The number of hydrogen-bond acceptors (Lipinski definition) is 7. The van der Waals surface area contributed by atoms with Gasteiger partial charge in [-0.25, -0.2) is 9.98 Å². The van der Waals surface area contributed by atoms with E-state index in [1.165, 1.54) is 11.3 Å². The Morgan fingerprint density at radius 2 is 1.96 bits per heavy atom. The molecule has 2 rings (SSSR count). The molecule has 1 aromatic carbocycles. The monoisotopic (exact) mass is 366 g/mol. The molecule has 0 saturated carbocycles. The van der Waals surface area contributed by atoms with Crippen LogP contribution < -0.4 is 11.5 Å². The molecule has 23 heavy (non-hydrogen) atoms. The minimum Gasteiger partial charge on any atom is -0.383 e. The second-order valence-corrected chi connectivity index (χ2v) is 6.58. The summed E-state index contributed by atoms with van der Waals surface area (Å²) < 4.78 is 62.4. The highest BCUT2D eigenvalue weighted by molar-refractivity contribution is 7.87. The summed E-state index contributed by atoms with van der Waals surface area (Å²) in [4.78, 5) is 7.93. The molecular formula is C11H9F3N4O3S2. The number of para-hydroxylation sites is 1. The van der Waals surface area contributed by atoms with Gasteiger partial charge in [-0.1, -0.05) is 23.5 Å². The molecule has 0 spiro atoms. The van der Waals surface area contributed by atoms with Crippen molar-refractivity contribution in [1.29, 1.82) is 0 Å². The number of nitrogens with two attached hydrogens (primary N) is 2. The Labute approximate surface area is 132 Å². The normalized spacial score (nSPS) is 14.2. The van der Waals surface area contributed by atoms with Crippen molar-refractivity contribution >= 4 is 42.6 Å². The lowest BCUT2D eigenvalue weighted by atomic mass is 10.3. The first-order valence-electron chi connectivity index (χ1n) is 5.76. The molecule has 0 aliphatic carbocycles. The van der Waals surface area contributed by atoms with Crippen molar-refractivity contribution in [3.8, 4) is 0 Å². The van der Waals surface area contributed by atoms with E-state index >= 15 is 0 Å². The van der Waals surface area contributed by atoms with Crippen LogP contribution in [0.2, 0.25) is 0 Å². The van der Waals surface area contributed by atoms with Gasteiger partial charge in [0.1, 0.15) is 5.84 Å². The molecule has 0 aliphatic rings. The maximum Gasteiger partial charge on any atom is 0.534 e. The summed E-state index contributed by atoms with van der Waals surface area (Å²) >= 11 is 1.18. The molecule has 0 bridgehead atoms. The van der Waals surface area contributed by atoms with Crippen LogP contribution in [-0.2, 0) is 14.3 Å². The number of amidine groups is 1. The lowest BCUT2D eigenvalue weighted by Crippen LogP contribution is -2.27. The van der Waals surface area contributed by atoms with Crippen LogP contribution in [0.15, 0.2) is 41.2 Å². The number of fused-ring (bicyclic) bond motifs is 1. The van der Waals surface area contributed by atoms with E-state index in [4.69, 9.17) is 11.5 Å². The first-order chi connectivity index (χ1) is 10.6. The smallest absolute Gasteiger partial charge is 0.383 e. The summed E-state index contributed by atoms with van der Waals surface area (Å²) in [6.45, 7) is 0. The van der Waals surface area contributed by atoms with E-state index in [1.807, 2.05) is 0 Å². The summed E-state index contributed by atoms with van der Waals surface area (Å²) in [5, 5.41) is 0.228. The molecule has 12 heteroatoms. The maximum absolute atomic E-state index is 12.1. The molecule has 0 amide bonds. The van der Waals surface area contributed by atoms with E-state index in [1.54, 1.807) is 24.3 Å². The Morgan fingerprint density at radius 3 is 2.57 bits per heavy atom. The highest BCUT2D eigenvalue weighted by Crippen LogP contribution is 2.28. The van der Waals surface area contributed by atoms with E-state index < -0.39 is 21.5 Å². The first kappa shape index (κ1) is 17.0. The summed E-state index contributed by atoms with van der Waals surface area (Å²) in [6, 6.07) is 7.10. The number of rotatable bonds is 4. The van der Waals surface area contributed by atoms with Gasteiger partial charge >= 0.3 is 15.6 Å². The lowest BCUT2D eigenvalue weighted by molar-refractivity contribution is -0.0522. The summed E-state index contributed by atoms with van der Waals surface area (Å²) in [5.74, 6) is -1.43. The zero-order valence-corrected chi connectivity index (χ0v) is 12.7. The molecule has 0 radical (unpaired) electrons. The Balaban J connectivity index is 2.21. The third-order valence-corrected chi connectivity index (χ3v) is 4.20. The SMILES string of the molecule is NC(=CC(N)=Nc1nc2ccccc2s1)OS(=O)(=O)C(F)(F)F. The van der Waals surface area contributed by atoms with Gasteiger partial charge in [-0.2, -0.15) is 21.6 Å². The van der Waals surface area contributed by atoms with Crippen LogP contribution in [0.4, 0.5) is 18.3 Å². The molecule has 0 saturated heterocycles. The van der Waals surface area contributed by atoms with Crippen LogP contribution in [0, 0.1) is 0 Å². The molecule has 0 fully saturated rings. The Hall–Kier alpha value is -2.34. The summed E-state index contributed by atoms with van der Waals surface area (Å²) in [6.07, 6.45) is 0.648. The lowest BCUT2D eigenvalue weighted by Gasteiger charge is -2.08. The van der Waals surface area contributed by atoms with Crippen molar-refractivity contribution in [2.45, 2.75) is 5.51 Å². The standard InChI is InChI=1S/C11H9F3N4O3S2/c12-11(13,14)23(19,20)21-9(16)5-8(15)18-10-17-6-3-1-2-4-7(6)22-10/h1-5H,16H2,(H2,15,17,18). The van der Waals surface area contributed by atoms with Gasteiger partial charge < -0.3 is 15.7 Å². The van der Waals surface area contributed by atoms with Crippen molar-refractivity contribution in [2.75, 3.05) is 0 Å². The highest BCUT2D eigenvalue weighted by Gasteiger charge is 2.48. The van der Waals surface area contributed by atoms with E-state index in [2.05, 4.69) is 14.2 Å². The molecule has 1 heterocycles. The second kappa shape index (κ2) is 6.04. The van der Waals surface area contributed by atoms with Gasteiger partial charge in [-0.05, 0) is 12.1 Å². The number of aromatic nitrogens is 1. The quantitative estimate of drug-likeness (QED) is 0.280.